The number of fused-ring (bicyclic) bond motifs is 1. The molecule has 5 heteroatoms. The van der Waals surface area contributed by atoms with Crippen molar-refractivity contribution in [1.29, 1.82) is 0 Å². The first-order valence-electron chi connectivity index (χ1n) is 7.74. The largest absolute Gasteiger partial charge is 0.506 e. The van der Waals surface area contributed by atoms with Crippen LogP contribution in [0, 0.1) is 0 Å². The summed E-state index contributed by atoms with van der Waals surface area (Å²) < 4.78 is 1.76. The molecule has 1 aliphatic rings. The first-order valence-corrected chi connectivity index (χ1v) is 7.74. The van der Waals surface area contributed by atoms with Crippen molar-refractivity contribution in [2.45, 2.75) is 51.7 Å². The molecule has 1 aliphatic heterocycles. The molecular weight excluding hydrogens is 266 g/mol. The molecule has 1 aromatic carbocycles. The van der Waals surface area contributed by atoms with Crippen LogP contribution in [0.15, 0.2) is 23.0 Å². The van der Waals surface area contributed by atoms with Crippen LogP contribution in [0.3, 0.4) is 0 Å². The molecule has 21 heavy (non-hydrogen) atoms. The fraction of sp³-hybridized carbons (Fsp3) is 0.562. The summed E-state index contributed by atoms with van der Waals surface area (Å²) in [6.07, 6.45) is 3.57. The van der Waals surface area contributed by atoms with Gasteiger partial charge >= 0.3 is 5.69 Å². The second-order valence-corrected chi connectivity index (χ2v) is 6.19. The van der Waals surface area contributed by atoms with Gasteiger partial charge in [0.1, 0.15) is 11.3 Å². The molecule has 1 fully saturated rings. The molecule has 1 unspecified atom stereocenters. The lowest BCUT2D eigenvalue weighted by Crippen LogP contribution is -2.46. The Morgan fingerprint density at radius 3 is 2.95 bits per heavy atom. The van der Waals surface area contributed by atoms with Crippen LogP contribution in [0.25, 0.3) is 11.0 Å². The molecule has 2 N–H and O–H groups in total. The predicted octanol–water partition coefficient (Wildman–Crippen LogP) is 2.30. The van der Waals surface area contributed by atoms with E-state index >= 15 is 0 Å². The molecule has 0 aliphatic carbocycles. The number of H-pyrrole nitrogens is 1. The lowest BCUT2D eigenvalue weighted by Gasteiger charge is -2.38. The molecule has 1 saturated heterocycles. The molecule has 0 amide bonds. The molecule has 1 aromatic heterocycles. The third-order valence-electron chi connectivity index (χ3n) is 4.52. The van der Waals surface area contributed by atoms with Crippen LogP contribution in [-0.2, 0) is 6.54 Å². The van der Waals surface area contributed by atoms with Crippen LogP contribution in [0.2, 0.25) is 0 Å². The number of aromatic hydroxyl groups is 1. The maximum Gasteiger partial charge on any atom is 0.326 e. The molecule has 2 aromatic rings. The first kappa shape index (κ1) is 14.2. The van der Waals surface area contributed by atoms with E-state index < -0.39 is 0 Å². The molecule has 114 valence electrons. The Kier molecular flexibility index (Phi) is 3.76. The number of phenols is 1. The van der Waals surface area contributed by atoms with Gasteiger partial charge in [0.2, 0.25) is 0 Å². The normalized spacial score (nSPS) is 20.4. The predicted molar refractivity (Wildman–Crippen MR) is 83.7 cm³/mol. The van der Waals surface area contributed by atoms with Crippen molar-refractivity contribution in [2.75, 3.05) is 6.54 Å². The average Bonchev–Trinajstić information content (AvgIpc) is 2.78. The Morgan fingerprint density at radius 2 is 2.19 bits per heavy atom. The number of aromatic nitrogens is 2. The van der Waals surface area contributed by atoms with E-state index in [9.17, 15) is 9.90 Å². The Hall–Kier alpha value is -1.75. The van der Waals surface area contributed by atoms with Gasteiger partial charge in [0.15, 0.2) is 0 Å². The molecule has 1 atom stereocenters. The molecule has 0 saturated carbocycles. The lowest BCUT2D eigenvalue weighted by molar-refractivity contribution is 0.0993. The topological polar surface area (TPSA) is 61.3 Å². The molecule has 3 rings (SSSR count). The maximum atomic E-state index is 12.2. The van der Waals surface area contributed by atoms with Crippen molar-refractivity contribution in [1.82, 2.24) is 14.5 Å². The van der Waals surface area contributed by atoms with Gasteiger partial charge in [-0.1, -0.05) is 12.5 Å². The highest BCUT2D eigenvalue weighted by molar-refractivity contribution is 5.81. The molecule has 0 radical (unpaired) electrons. The third kappa shape index (κ3) is 2.58. The number of imidazole rings is 1. The van der Waals surface area contributed by atoms with Crippen molar-refractivity contribution in [2.24, 2.45) is 0 Å². The number of phenolic OH excluding ortho intramolecular Hbond substituents is 1. The summed E-state index contributed by atoms with van der Waals surface area (Å²) in [7, 11) is 0. The highest BCUT2D eigenvalue weighted by Gasteiger charge is 2.26. The summed E-state index contributed by atoms with van der Waals surface area (Å²) in [5.41, 5.74) is 1.18. The van der Waals surface area contributed by atoms with Gasteiger partial charge < -0.3 is 10.1 Å². The van der Waals surface area contributed by atoms with Crippen LogP contribution in [0.4, 0.5) is 0 Å². The fourth-order valence-electron chi connectivity index (χ4n) is 3.46. The Bertz CT molecular complexity index is 686. The minimum Gasteiger partial charge on any atom is -0.506 e. The number of aromatic amines is 1. The van der Waals surface area contributed by atoms with E-state index in [1.165, 1.54) is 12.8 Å². The summed E-state index contributed by atoms with van der Waals surface area (Å²) in [6, 6.07) is 6.14. The highest BCUT2D eigenvalue weighted by Crippen LogP contribution is 2.24. The van der Waals surface area contributed by atoms with E-state index in [2.05, 4.69) is 23.7 Å². The number of nitrogens with zero attached hydrogens (tertiary/aromatic N) is 2. The zero-order valence-electron chi connectivity index (χ0n) is 12.7. The Morgan fingerprint density at radius 1 is 1.38 bits per heavy atom. The number of hydrogen-bond donors (Lipinski definition) is 2. The quantitative estimate of drug-likeness (QED) is 0.911. The number of likely N-dealkylation sites (tertiary alicyclic amines) is 1. The zero-order chi connectivity index (χ0) is 15.0. The van der Waals surface area contributed by atoms with Gasteiger partial charge in [-0.15, -0.1) is 0 Å². The molecule has 5 nitrogen and oxygen atoms in total. The molecule has 0 bridgehead atoms. The first-order chi connectivity index (χ1) is 10.1. The van der Waals surface area contributed by atoms with Gasteiger partial charge in [-0.25, -0.2) is 4.79 Å². The van der Waals surface area contributed by atoms with Gasteiger partial charge in [-0.3, -0.25) is 9.47 Å². The summed E-state index contributed by atoms with van der Waals surface area (Å²) in [6.45, 7) is 6.20. The second-order valence-electron chi connectivity index (χ2n) is 6.19. The van der Waals surface area contributed by atoms with Gasteiger partial charge in [0, 0.05) is 18.6 Å². The SMILES string of the molecule is CC(C)N1CCCCC1Cn1c(=O)[nH]c2c(O)cccc21. The Balaban J connectivity index is 1.96. The molecule has 0 spiro atoms. The van der Waals surface area contributed by atoms with E-state index in [0.29, 0.717) is 24.1 Å². The van der Waals surface area contributed by atoms with Crippen LogP contribution in [-0.4, -0.2) is 38.2 Å². The minimum atomic E-state index is -0.138. The van der Waals surface area contributed by atoms with Gasteiger partial charge in [0.25, 0.3) is 0 Å². The molecular formula is C16H23N3O2. The standard InChI is InChI=1S/C16H23N3O2/c1-11(2)18-9-4-3-6-12(18)10-19-13-7-5-8-14(20)15(13)17-16(19)21/h5,7-8,11-12,20H,3-4,6,9-10H2,1-2H3,(H,17,21). The Labute approximate surface area is 124 Å². The number of benzene rings is 1. The van der Waals surface area contributed by atoms with Crippen molar-refractivity contribution in [3.63, 3.8) is 0 Å². The summed E-state index contributed by atoms with van der Waals surface area (Å²) in [5.74, 6) is 0.132. The van der Waals surface area contributed by atoms with Crippen molar-refractivity contribution in [3.8, 4) is 5.75 Å². The van der Waals surface area contributed by atoms with E-state index in [1.54, 1.807) is 16.7 Å². The number of piperidine rings is 1. The maximum absolute atomic E-state index is 12.2. The summed E-state index contributed by atoms with van der Waals surface area (Å²) >= 11 is 0. The third-order valence-corrected chi connectivity index (χ3v) is 4.52. The van der Waals surface area contributed by atoms with Crippen LogP contribution >= 0.6 is 0 Å². The number of para-hydroxylation sites is 1. The smallest absolute Gasteiger partial charge is 0.326 e. The van der Waals surface area contributed by atoms with Crippen molar-refractivity contribution >= 4 is 11.0 Å². The highest BCUT2D eigenvalue weighted by atomic mass is 16.3. The van der Waals surface area contributed by atoms with Gasteiger partial charge in [-0.05, 0) is 45.4 Å². The number of hydrogen-bond acceptors (Lipinski definition) is 3. The zero-order valence-corrected chi connectivity index (χ0v) is 12.7. The van der Waals surface area contributed by atoms with Gasteiger partial charge in [0.05, 0.1) is 5.52 Å². The monoisotopic (exact) mass is 289 g/mol. The lowest BCUT2D eigenvalue weighted by atomic mass is 10.0. The number of rotatable bonds is 3. The average molecular weight is 289 g/mol. The van der Waals surface area contributed by atoms with E-state index in [-0.39, 0.29) is 11.4 Å². The van der Waals surface area contributed by atoms with Crippen molar-refractivity contribution < 1.29 is 5.11 Å². The summed E-state index contributed by atoms with van der Waals surface area (Å²) in [4.78, 5) is 17.5. The van der Waals surface area contributed by atoms with Crippen LogP contribution < -0.4 is 5.69 Å². The summed E-state index contributed by atoms with van der Waals surface area (Å²) in [5, 5.41) is 9.86. The van der Waals surface area contributed by atoms with Crippen molar-refractivity contribution in [3.05, 3.63) is 28.7 Å². The van der Waals surface area contributed by atoms with E-state index in [4.69, 9.17) is 0 Å². The van der Waals surface area contributed by atoms with Gasteiger partial charge in [-0.2, -0.15) is 0 Å². The van der Waals surface area contributed by atoms with E-state index in [1.807, 2.05) is 6.07 Å². The van der Waals surface area contributed by atoms with Crippen LogP contribution in [0.1, 0.15) is 33.1 Å². The molecule has 2 heterocycles. The minimum absolute atomic E-state index is 0.132. The fourth-order valence-corrected chi connectivity index (χ4v) is 3.46. The number of nitrogens with one attached hydrogen (secondary N) is 1. The van der Waals surface area contributed by atoms with E-state index in [0.717, 1.165) is 18.5 Å². The second kappa shape index (κ2) is 5.56. The van der Waals surface area contributed by atoms with Crippen LogP contribution in [0.5, 0.6) is 5.75 Å².